The lowest BCUT2D eigenvalue weighted by molar-refractivity contribution is -0.147. The fourth-order valence-corrected chi connectivity index (χ4v) is 3.15. The topological polar surface area (TPSA) is 35.5 Å². The number of esters is 1. The summed E-state index contributed by atoms with van der Waals surface area (Å²) in [7, 11) is 1.14. The zero-order valence-electron chi connectivity index (χ0n) is 15.4. The lowest BCUT2D eigenvalue weighted by atomic mass is 10.1. The molecule has 1 aromatic carbocycles. The molecule has 1 unspecified atom stereocenters. The Balaban J connectivity index is 2.18. The van der Waals surface area contributed by atoms with Crippen LogP contribution < -0.4 is 0 Å². The molecule has 1 fully saturated rings. The van der Waals surface area contributed by atoms with Crippen LogP contribution in [-0.2, 0) is 27.5 Å². The third kappa shape index (κ3) is 3.63. The molecular weight excluding hydrogens is 352 g/mol. The smallest absolute Gasteiger partial charge is 0.310 e. The minimum Gasteiger partial charge on any atom is -0.460 e. The number of hydrogen-bond donors (Lipinski definition) is 0. The first-order valence-electron chi connectivity index (χ1n) is 8.18. The molecule has 3 nitrogen and oxygen atoms in total. The van der Waals surface area contributed by atoms with E-state index >= 15 is 0 Å². The molecule has 0 bridgehead atoms. The van der Waals surface area contributed by atoms with E-state index in [1.165, 1.54) is 0 Å². The first-order valence-corrected chi connectivity index (χ1v) is 8.18. The Kier molecular flexibility index (Phi) is 5.80. The maximum absolute atomic E-state index is 14.1. The minimum atomic E-state index is -1.58. The SMILES string of the molecule is COCc1c(F)c(F)c(COC(=O)[C@@H]2C(C=C(C)C)C2(C)C)c(F)c1F. The van der Waals surface area contributed by atoms with Gasteiger partial charge in [-0.25, -0.2) is 17.6 Å². The molecule has 0 radical (unpaired) electrons. The summed E-state index contributed by atoms with van der Waals surface area (Å²) in [5.74, 6) is -7.44. The van der Waals surface area contributed by atoms with Gasteiger partial charge in [0, 0.05) is 7.11 Å². The van der Waals surface area contributed by atoms with Crippen molar-refractivity contribution in [3.05, 3.63) is 46.0 Å². The molecular formula is C19H22F4O3. The molecule has 26 heavy (non-hydrogen) atoms. The van der Waals surface area contributed by atoms with Crippen LogP contribution >= 0.6 is 0 Å². The van der Waals surface area contributed by atoms with E-state index in [-0.39, 0.29) is 11.3 Å². The predicted octanol–water partition coefficient (Wildman–Crippen LogP) is 4.67. The number of carbonyl (C=O) groups is 1. The normalized spacial score (nSPS) is 20.7. The van der Waals surface area contributed by atoms with Crippen LogP contribution in [0.3, 0.4) is 0 Å². The second-order valence-electron chi connectivity index (χ2n) is 7.32. The van der Waals surface area contributed by atoms with E-state index in [9.17, 15) is 22.4 Å². The van der Waals surface area contributed by atoms with Crippen LogP contribution in [-0.4, -0.2) is 13.1 Å². The fraction of sp³-hybridized carbons (Fsp3) is 0.526. The van der Waals surface area contributed by atoms with Crippen molar-refractivity contribution in [2.45, 2.75) is 40.9 Å². The molecule has 0 amide bonds. The van der Waals surface area contributed by atoms with Gasteiger partial charge in [0.1, 0.15) is 6.61 Å². The van der Waals surface area contributed by atoms with Crippen LogP contribution in [0, 0.1) is 40.5 Å². The Hall–Kier alpha value is -1.89. The summed E-state index contributed by atoms with van der Waals surface area (Å²) >= 11 is 0. The molecule has 0 aromatic heterocycles. The summed E-state index contributed by atoms with van der Waals surface area (Å²) in [5, 5.41) is 0. The fourth-order valence-electron chi connectivity index (χ4n) is 3.15. The first kappa shape index (κ1) is 20.4. The van der Waals surface area contributed by atoms with Crippen LogP contribution in [0.1, 0.15) is 38.8 Å². The van der Waals surface area contributed by atoms with Gasteiger partial charge in [0.2, 0.25) is 0 Å². The number of rotatable bonds is 6. The van der Waals surface area contributed by atoms with Gasteiger partial charge in [-0.15, -0.1) is 0 Å². The molecule has 0 N–H and O–H groups in total. The van der Waals surface area contributed by atoms with E-state index in [4.69, 9.17) is 4.74 Å². The Morgan fingerprint density at radius 3 is 1.88 bits per heavy atom. The van der Waals surface area contributed by atoms with Crippen molar-refractivity contribution in [1.29, 1.82) is 0 Å². The third-order valence-corrected chi connectivity index (χ3v) is 4.77. The van der Waals surface area contributed by atoms with E-state index in [1.807, 2.05) is 33.8 Å². The predicted molar refractivity (Wildman–Crippen MR) is 87.0 cm³/mol. The van der Waals surface area contributed by atoms with Gasteiger partial charge in [-0.05, 0) is 25.2 Å². The highest BCUT2D eigenvalue weighted by atomic mass is 19.2. The van der Waals surface area contributed by atoms with Gasteiger partial charge in [-0.2, -0.15) is 0 Å². The van der Waals surface area contributed by atoms with E-state index in [0.717, 1.165) is 12.7 Å². The summed E-state index contributed by atoms with van der Waals surface area (Å²) in [5.41, 5.74) is -1.10. The molecule has 1 aliphatic carbocycles. The summed E-state index contributed by atoms with van der Waals surface area (Å²) in [6.07, 6.45) is 1.94. The Bertz CT molecular complexity index is 723. The van der Waals surface area contributed by atoms with Crippen molar-refractivity contribution >= 4 is 5.97 Å². The van der Waals surface area contributed by atoms with Crippen molar-refractivity contribution in [2.24, 2.45) is 17.3 Å². The van der Waals surface area contributed by atoms with Crippen LogP contribution in [0.5, 0.6) is 0 Å². The minimum absolute atomic E-state index is 0.0488. The quantitative estimate of drug-likeness (QED) is 0.314. The van der Waals surface area contributed by atoms with Gasteiger partial charge in [0.25, 0.3) is 0 Å². The Morgan fingerprint density at radius 1 is 1.00 bits per heavy atom. The molecule has 2 rings (SSSR count). The zero-order chi connectivity index (χ0) is 19.8. The van der Waals surface area contributed by atoms with E-state index in [2.05, 4.69) is 4.74 Å². The maximum atomic E-state index is 14.1. The number of carbonyl (C=O) groups excluding carboxylic acids is 1. The Morgan fingerprint density at radius 2 is 1.46 bits per heavy atom. The van der Waals surface area contributed by atoms with Crippen molar-refractivity contribution in [1.82, 2.24) is 0 Å². The summed E-state index contributed by atoms with van der Waals surface area (Å²) < 4.78 is 65.4. The van der Waals surface area contributed by atoms with Crippen LogP contribution in [0.15, 0.2) is 11.6 Å². The van der Waals surface area contributed by atoms with Crippen molar-refractivity contribution in [3.63, 3.8) is 0 Å². The molecule has 1 saturated carbocycles. The molecule has 7 heteroatoms. The van der Waals surface area contributed by atoms with Crippen molar-refractivity contribution in [3.8, 4) is 0 Å². The highest BCUT2D eigenvalue weighted by Gasteiger charge is 2.61. The largest absolute Gasteiger partial charge is 0.460 e. The molecule has 0 heterocycles. The van der Waals surface area contributed by atoms with Gasteiger partial charge in [-0.3, -0.25) is 4.79 Å². The average Bonchev–Trinajstić information content (AvgIpc) is 3.09. The average molecular weight is 374 g/mol. The molecule has 1 aromatic rings. The van der Waals surface area contributed by atoms with Gasteiger partial charge in [-0.1, -0.05) is 25.5 Å². The van der Waals surface area contributed by atoms with E-state index in [0.29, 0.717) is 0 Å². The number of benzene rings is 1. The second kappa shape index (κ2) is 7.39. The maximum Gasteiger partial charge on any atom is 0.310 e. The van der Waals surface area contributed by atoms with Crippen LogP contribution in [0.4, 0.5) is 17.6 Å². The van der Waals surface area contributed by atoms with Gasteiger partial charge >= 0.3 is 5.97 Å². The van der Waals surface area contributed by atoms with Crippen LogP contribution in [0.2, 0.25) is 0 Å². The molecule has 0 spiro atoms. The number of hydrogen-bond acceptors (Lipinski definition) is 3. The molecule has 0 aliphatic heterocycles. The summed E-state index contributed by atoms with van der Waals surface area (Å²) in [6, 6.07) is 0. The van der Waals surface area contributed by atoms with Crippen molar-refractivity contribution < 1.29 is 31.8 Å². The third-order valence-electron chi connectivity index (χ3n) is 4.77. The number of halogens is 4. The highest BCUT2D eigenvalue weighted by molar-refractivity contribution is 5.78. The molecule has 0 saturated heterocycles. The van der Waals surface area contributed by atoms with Crippen LogP contribution in [0.25, 0.3) is 0 Å². The summed E-state index contributed by atoms with van der Waals surface area (Å²) in [4.78, 5) is 12.2. The van der Waals surface area contributed by atoms with E-state index in [1.54, 1.807) is 0 Å². The number of allylic oxidation sites excluding steroid dienone is 2. The standard InChI is InChI=1S/C19H22F4O3/c1-9(2)6-12-13(19(12,3)4)18(24)26-8-11-16(22)14(20)10(7-25-5)15(21)17(11)23/h6,12-13H,7-8H2,1-5H3/t12?,13-/m0/s1. The summed E-state index contributed by atoms with van der Waals surface area (Å²) in [6.45, 7) is 6.05. The monoisotopic (exact) mass is 374 g/mol. The van der Waals surface area contributed by atoms with Gasteiger partial charge in [0.15, 0.2) is 23.3 Å². The molecule has 2 atom stereocenters. The number of methoxy groups -OCH3 is 1. The lowest BCUT2D eigenvalue weighted by Crippen LogP contribution is -2.15. The first-order chi connectivity index (χ1) is 12.0. The highest BCUT2D eigenvalue weighted by Crippen LogP contribution is 2.59. The van der Waals surface area contributed by atoms with Gasteiger partial charge in [0.05, 0.1) is 23.7 Å². The molecule has 144 valence electrons. The second-order valence-corrected chi connectivity index (χ2v) is 7.32. The molecule has 1 aliphatic rings. The Labute approximate surface area is 150 Å². The van der Waals surface area contributed by atoms with E-state index < -0.39 is 59.5 Å². The van der Waals surface area contributed by atoms with Gasteiger partial charge < -0.3 is 9.47 Å². The number of ether oxygens (including phenoxy) is 2. The zero-order valence-corrected chi connectivity index (χ0v) is 15.4. The van der Waals surface area contributed by atoms with Crippen molar-refractivity contribution in [2.75, 3.05) is 7.11 Å². The lowest BCUT2D eigenvalue weighted by Gasteiger charge is -2.12.